The Balaban J connectivity index is 1.88. The maximum atomic E-state index is 12.4. The Morgan fingerprint density at radius 1 is 1.22 bits per heavy atom. The molecule has 1 aliphatic heterocycles. The summed E-state index contributed by atoms with van der Waals surface area (Å²) in [6.07, 6.45) is -4.05. The fourth-order valence-corrected chi connectivity index (χ4v) is 3.99. The molecule has 0 aliphatic carbocycles. The molecule has 27 heavy (non-hydrogen) atoms. The van der Waals surface area contributed by atoms with Gasteiger partial charge in [0, 0.05) is 18.1 Å². The van der Waals surface area contributed by atoms with Gasteiger partial charge in [-0.15, -0.1) is 0 Å². The zero-order chi connectivity index (χ0) is 20.2. The average molecular weight is 409 g/mol. The van der Waals surface area contributed by atoms with Crippen LogP contribution in [0.1, 0.15) is 18.4 Å². The minimum absolute atomic E-state index is 0.0556. The Morgan fingerprint density at radius 2 is 1.78 bits per heavy atom. The maximum absolute atomic E-state index is 12.4. The number of non-ortho nitro benzene ring substituents is 1. The molecular formula is C15H18F3N3O5S. The molecule has 1 amide bonds. The van der Waals surface area contributed by atoms with Gasteiger partial charge in [-0.05, 0) is 31.5 Å². The van der Waals surface area contributed by atoms with Gasteiger partial charge in [-0.1, -0.05) is 12.1 Å². The van der Waals surface area contributed by atoms with Crippen LogP contribution in [0.3, 0.4) is 0 Å². The second kappa shape index (κ2) is 8.21. The SMILES string of the molecule is O=C(NS(=O)(=O)Cc1ccc([N+](=O)[O-])cc1)C1CCN(CC(F)(F)F)CC1. The molecule has 0 spiro atoms. The second-order valence-corrected chi connectivity index (χ2v) is 8.04. The number of carbonyl (C=O) groups excluding carboxylic acids is 1. The fourth-order valence-electron chi connectivity index (χ4n) is 2.81. The topological polar surface area (TPSA) is 110 Å². The summed E-state index contributed by atoms with van der Waals surface area (Å²) in [4.78, 5) is 23.3. The van der Waals surface area contributed by atoms with E-state index in [4.69, 9.17) is 0 Å². The van der Waals surface area contributed by atoms with Crippen molar-refractivity contribution in [1.82, 2.24) is 9.62 Å². The van der Waals surface area contributed by atoms with Gasteiger partial charge < -0.3 is 0 Å². The van der Waals surface area contributed by atoms with Crippen LogP contribution < -0.4 is 4.72 Å². The highest BCUT2D eigenvalue weighted by Crippen LogP contribution is 2.23. The molecule has 1 N–H and O–H groups in total. The molecule has 1 saturated heterocycles. The van der Waals surface area contributed by atoms with Crippen molar-refractivity contribution in [3.05, 3.63) is 39.9 Å². The molecular weight excluding hydrogens is 391 g/mol. The first-order valence-corrected chi connectivity index (χ1v) is 9.67. The lowest BCUT2D eigenvalue weighted by molar-refractivity contribution is -0.384. The van der Waals surface area contributed by atoms with Crippen molar-refractivity contribution in [2.45, 2.75) is 24.8 Å². The lowest BCUT2D eigenvalue weighted by Crippen LogP contribution is -2.45. The van der Waals surface area contributed by atoms with Crippen molar-refractivity contribution < 1.29 is 31.3 Å². The van der Waals surface area contributed by atoms with Crippen LogP contribution >= 0.6 is 0 Å². The van der Waals surface area contributed by atoms with Gasteiger partial charge in [0.25, 0.3) is 5.69 Å². The van der Waals surface area contributed by atoms with E-state index >= 15 is 0 Å². The van der Waals surface area contributed by atoms with Gasteiger partial charge in [-0.2, -0.15) is 13.2 Å². The molecule has 1 aromatic rings. The van der Waals surface area contributed by atoms with E-state index in [1.165, 1.54) is 17.0 Å². The Bertz CT molecular complexity index is 788. The predicted octanol–water partition coefficient (Wildman–Crippen LogP) is 1.82. The Morgan fingerprint density at radius 3 is 2.26 bits per heavy atom. The smallest absolute Gasteiger partial charge is 0.295 e. The van der Waals surface area contributed by atoms with E-state index in [1.807, 2.05) is 4.72 Å². The van der Waals surface area contributed by atoms with Crippen molar-refractivity contribution in [3.63, 3.8) is 0 Å². The lowest BCUT2D eigenvalue weighted by atomic mass is 9.96. The quantitative estimate of drug-likeness (QED) is 0.567. The first-order chi connectivity index (χ1) is 12.5. The number of hydrogen-bond acceptors (Lipinski definition) is 6. The zero-order valence-electron chi connectivity index (χ0n) is 14.1. The molecule has 1 heterocycles. The molecule has 1 fully saturated rings. The minimum Gasteiger partial charge on any atom is -0.295 e. The number of halogens is 3. The maximum Gasteiger partial charge on any atom is 0.401 e. The highest BCUT2D eigenvalue weighted by Gasteiger charge is 2.34. The van der Waals surface area contributed by atoms with Gasteiger partial charge in [-0.25, -0.2) is 8.42 Å². The van der Waals surface area contributed by atoms with Crippen molar-refractivity contribution in [2.24, 2.45) is 5.92 Å². The predicted molar refractivity (Wildman–Crippen MR) is 89.1 cm³/mol. The molecule has 0 radical (unpaired) electrons. The molecule has 12 heteroatoms. The molecule has 150 valence electrons. The van der Waals surface area contributed by atoms with Crippen LogP contribution in [0.25, 0.3) is 0 Å². The van der Waals surface area contributed by atoms with E-state index in [0.717, 1.165) is 12.1 Å². The molecule has 0 aromatic heterocycles. The van der Waals surface area contributed by atoms with Crippen LogP contribution in [0.15, 0.2) is 24.3 Å². The third-order valence-corrected chi connectivity index (χ3v) is 5.35. The van der Waals surface area contributed by atoms with Crippen LogP contribution in [0.4, 0.5) is 18.9 Å². The Hall–Kier alpha value is -2.21. The van der Waals surface area contributed by atoms with Gasteiger partial charge in [0.1, 0.15) is 0 Å². The summed E-state index contributed by atoms with van der Waals surface area (Å²) in [5.41, 5.74) is 0.0756. The monoisotopic (exact) mass is 409 g/mol. The van der Waals surface area contributed by atoms with Crippen LogP contribution in [-0.2, 0) is 20.6 Å². The van der Waals surface area contributed by atoms with E-state index in [0.29, 0.717) is 0 Å². The number of sulfonamides is 1. The fraction of sp³-hybridized carbons (Fsp3) is 0.533. The van der Waals surface area contributed by atoms with Crippen LogP contribution in [0.5, 0.6) is 0 Å². The zero-order valence-corrected chi connectivity index (χ0v) is 14.9. The van der Waals surface area contributed by atoms with Gasteiger partial charge >= 0.3 is 6.18 Å². The second-order valence-electron chi connectivity index (χ2n) is 6.31. The van der Waals surface area contributed by atoms with E-state index in [-0.39, 0.29) is 37.2 Å². The first kappa shape index (κ1) is 21.1. The van der Waals surface area contributed by atoms with E-state index < -0.39 is 45.2 Å². The van der Waals surface area contributed by atoms with Crippen molar-refractivity contribution in [2.75, 3.05) is 19.6 Å². The van der Waals surface area contributed by atoms with Crippen molar-refractivity contribution >= 4 is 21.6 Å². The molecule has 0 saturated carbocycles. The molecule has 8 nitrogen and oxygen atoms in total. The van der Waals surface area contributed by atoms with Gasteiger partial charge in [0.05, 0.1) is 17.2 Å². The summed E-state index contributed by atoms with van der Waals surface area (Å²) in [7, 11) is -4.02. The number of rotatable bonds is 6. The van der Waals surface area contributed by atoms with Crippen molar-refractivity contribution in [3.8, 4) is 0 Å². The molecule has 1 aromatic carbocycles. The molecule has 2 rings (SSSR count). The Kier molecular flexibility index (Phi) is 6.42. The summed E-state index contributed by atoms with van der Waals surface area (Å²) >= 11 is 0. The number of alkyl halides is 3. The molecule has 0 bridgehead atoms. The minimum atomic E-state index is -4.32. The number of carbonyl (C=O) groups is 1. The summed E-state index contributed by atoms with van der Waals surface area (Å²) in [6.45, 7) is -0.945. The first-order valence-electron chi connectivity index (χ1n) is 8.02. The number of nitro groups is 1. The number of nitrogens with one attached hydrogen (secondary N) is 1. The van der Waals surface area contributed by atoms with Gasteiger partial charge in [-0.3, -0.25) is 24.5 Å². The molecule has 0 unspecified atom stereocenters. The van der Waals surface area contributed by atoms with E-state index in [9.17, 15) is 36.5 Å². The normalized spacial score (nSPS) is 16.9. The Labute approximate surface area is 153 Å². The number of amides is 1. The standard InChI is InChI=1S/C15H18F3N3O5S/c16-15(17,18)10-20-7-5-12(6-8-20)14(22)19-27(25,26)9-11-1-3-13(4-2-11)21(23)24/h1-4,12H,5-10H2,(H,19,22). The molecule has 0 atom stereocenters. The number of nitro benzene ring substituents is 1. The third kappa shape index (κ3) is 6.79. The number of likely N-dealkylation sites (tertiary alicyclic amines) is 1. The summed E-state index contributed by atoms with van der Waals surface area (Å²) in [5.74, 6) is -1.96. The summed E-state index contributed by atoms with van der Waals surface area (Å²) in [6, 6.07) is 4.86. The van der Waals surface area contributed by atoms with E-state index in [2.05, 4.69) is 0 Å². The number of piperidine rings is 1. The third-order valence-electron chi connectivity index (χ3n) is 4.12. The number of nitrogens with zero attached hydrogens (tertiary/aromatic N) is 2. The van der Waals surface area contributed by atoms with Crippen LogP contribution in [0.2, 0.25) is 0 Å². The van der Waals surface area contributed by atoms with Gasteiger partial charge in [0.15, 0.2) is 0 Å². The van der Waals surface area contributed by atoms with Crippen molar-refractivity contribution in [1.29, 1.82) is 0 Å². The number of benzene rings is 1. The van der Waals surface area contributed by atoms with Crippen LogP contribution in [-0.4, -0.2) is 50.0 Å². The van der Waals surface area contributed by atoms with Crippen LogP contribution in [0, 0.1) is 16.0 Å². The van der Waals surface area contributed by atoms with Gasteiger partial charge in [0.2, 0.25) is 15.9 Å². The highest BCUT2D eigenvalue weighted by atomic mass is 32.2. The highest BCUT2D eigenvalue weighted by molar-refractivity contribution is 7.89. The average Bonchev–Trinajstić information content (AvgIpc) is 2.53. The van der Waals surface area contributed by atoms with E-state index in [1.54, 1.807) is 0 Å². The largest absolute Gasteiger partial charge is 0.401 e. The lowest BCUT2D eigenvalue weighted by Gasteiger charge is -2.31. The molecule has 1 aliphatic rings. The summed E-state index contributed by atoms with van der Waals surface area (Å²) in [5, 5.41) is 10.6. The number of hydrogen-bond donors (Lipinski definition) is 1. The summed E-state index contributed by atoms with van der Waals surface area (Å²) < 4.78 is 63.2.